The molecular formula is C17H20N4O. The number of hydrogen-bond acceptors (Lipinski definition) is 4. The molecule has 2 aliphatic rings. The van der Waals surface area contributed by atoms with Crippen molar-refractivity contribution < 1.29 is 4.79 Å². The van der Waals surface area contributed by atoms with E-state index in [9.17, 15) is 4.79 Å². The molecule has 1 saturated heterocycles. The zero-order chi connectivity index (χ0) is 14.9. The summed E-state index contributed by atoms with van der Waals surface area (Å²) in [7, 11) is 0. The number of nitrogens with zero attached hydrogens (tertiary/aromatic N) is 4. The van der Waals surface area contributed by atoms with E-state index in [0.717, 1.165) is 62.2 Å². The Hall–Kier alpha value is -2.17. The number of aromatic nitrogens is 2. The van der Waals surface area contributed by atoms with Crippen LogP contribution in [0.15, 0.2) is 30.6 Å². The summed E-state index contributed by atoms with van der Waals surface area (Å²) < 4.78 is 0. The summed E-state index contributed by atoms with van der Waals surface area (Å²) in [4.78, 5) is 25.4. The Bertz CT molecular complexity index is 693. The molecule has 2 fully saturated rings. The first-order valence-electron chi connectivity index (χ1n) is 8.06. The first-order valence-corrected chi connectivity index (χ1v) is 8.06. The van der Waals surface area contributed by atoms with Crippen molar-refractivity contribution in [2.75, 3.05) is 31.1 Å². The largest absolute Gasteiger partial charge is 0.354 e. The first kappa shape index (κ1) is 13.5. The highest BCUT2D eigenvalue weighted by atomic mass is 16.2. The predicted molar refractivity (Wildman–Crippen MR) is 85.7 cm³/mol. The Kier molecular flexibility index (Phi) is 3.41. The second-order valence-electron chi connectivity index (χ2n) is 6.15. The molecule has 1 aliphatic heterocycles. The molecule has 1 saturated carbocycles. The average molecular weight is 296 g/mol. The van der Waals surface area contributed by atoms with Gasteiger partial charge in [0.25, 0.3) is 0 Å². The van der Waals surface area contributed by atoms with Crippen LogP contribution in [0.1, 0.15) is 19.3 Å². The molecular weight excluding hydrogens is 276 g/mol. The quantitative estimate of drug-likeness (QED) is 0.851. The molecule has 5 heteroatoms. The van der Waals surface area contributed by atoms with Crippen LogP contribution in [0.2, 0.25) is 0 Å². The Morgan fingerprint density at radius 2 is 1.91 bits per heavy atom. The third-order valence-corrected chi connectivity index (χ3v) is 4.56. The highest BCUT2D eigenvalue weighted by Crippen LogP contribution is 2.31. The van der Waals surface area contributed by atoms with Gasteiger partial charge in [0.15, 0.2) is 0 Å². The van der Waals surface area contributed by atoms with Crippen molar-refractivity contribution in [3.63, 3.8) is 0 Å². The van der Waals surface area contributed by atoms with Crippen LogP contribution >= 0.6 is 0 Å². The van der Waals surface area contributed by atoms with E-state index in [4.69, 9.17) is 0 Å². The minimum Gasteiger partial charge on any atom is -0.354 e. The average Bonchev–Trinajstić information content (AvgIpc) is 3.40. The normalized spacial score (nSPS) is 19.3. The Morgan fingerprint density at radius 3 is 2.77 bits per heavy atom. The summed E-state index contributed by atoms with van der Waals surface area (Å²) in [5.74, 6) is 1.66. The monoisotopic (exact) mass is 296 g/mol. The number of fused-ring (bicyclic) bond motifs is 1. The summed E-state index contributed by atoms with van der Waals surface area (Å²) in [5, 5.41) is 1.09. The van der Waals surface area contributed by atoms with Crippen molar-refractivity contribution >= 4 is 22.6 Å². The second-order valence-corrected chi connectivity index (χ2v) is 6.15. The van der Waals surface area contributed by atoms with Gasteiger partial charge in [-0.15, -0.1) is 0 Å². The lowest BCUT2D eigenvalue weighted by molar-refractivity contribution is -0.132. The van der Waals surface area contributed by atoms with Crippen LogP contribution in [0.25, 0.3) is 10.9 Å². The fourth-order valence-electron chi connectivity index (χ4n) is 3.18. The summed E-state index contributed by atoms with van der Waals surface area (Å²) in [5.41, 5.74) is 0.975. The molecule has 4 rings (SSSR count). The molecule has 22 heavy (non-hydrogen) atoms. The van der Waals surface area contributed by atoms with Crippen LogP contribution in [0.5, 0.6) is 0 Å². The van der Waals surface area contributed by atoms with Crippen LogP contribution in [0.4, 0.5) is 5.82 Å². The Morgan fingerprint density at radius 1 is 1.05 bits per heavy atom. The number of hydrogen-bond donors (Lipinski definition) is 0. The molecule has 0 radical (unpaired) electrons. The Labute approximate surface area is 130 Å². The van der Waals surface area contributed by atoms with Crippen molar-refractivity contribution in [1.29, 1.82) is 0 Å². The zero-order valence-corrected chi connectivity index (χ0v) is 12.6. The highest BCUT2D eigenvalue weighted by molar-refractivity contribution is 5.89. The first-order chi connectivity index (χ1) is 10.8. The molecule has 114 valence electrons. The molecule has 1 aromatic heterocycles. The maximum Gasteiger partial charge on any atom is 0.225 e. The van der Waals surface area contributed by atoms with Crippen molar-refractivity contribution in [3.8, 4) is 0 Å². The SMILES string of the molecule is O=C(C1CC1)N1CCCN(c2ncnc3ccccc23)CC1. The highest BCUT2D eigenvalue weighted by Gasteiger charge is 2.34. The molecule has 1 aliphatic carbocycles. The number of amides is 1. The summed E-state index contributed by atoms with van der Waals surface area (Å²) in [6.45, 7) is 3.46. The van der Waals surface area contributed by atoms with Gasteiger partial charge in [0.05, 0.1) is 5.52 Å². The maximum absolute atomic E-state index is 12.3. The van der Waals surface area contributed by atoms with Gasteiger partial charge in [-0.1, -0.05) is 12.1 Å². The standard InChI is InChI=1S/C17H20N4O/c22-17(13-6-7-13)21-9-3-8-20(10-11-21)16-14-4-1-2-5-15(14)18-12-19-16/h1-2,4-5,12-13H,3,6-11H2. The van der Waals surface area contributed by atoms with Gasteiger partial charge >= 0.3 is 0 Å². The van der Waals surface area contributed by atoms with E-state index in [-0.39, 0.29) is 0 Å². The van der Waals surface area contributed by atoms with Gasteiger partial charge in [-0.05, 0) is 31.4 Å². The van der Waals surface area contributed by atoms with E-state index in [0.29, 0.717) is 11.8 Å². The van der Waals surface area contributed by atoms with Gasteiger partial charge in [-0.2, -0.15) is 0 Å². The molecule has 1 amide bonds. The fourth-order valence-corrected chi connectivity index (χ4v) is 3.18. The topological polar surface area (TPSA) is 49.3 Å². The van der Waals surface area contributed by atoms with Gasteiger partial charge in [-0.25, -0.2) is 9.97 Å². The number of rotatable bonds is 2. The van der Waals surface area contributed by atoms with Gasteiger partial charge in [0, 0.05) is 37.5 Å². The van der Waals surface area contributed by atoms with Crippen LogP contribution < -0.4 is 4.90 Å². The second kappa shape index (κ2) is 5.55. The van der Waals surface area contributed by atoms with Crippen LogP contribution in [0, 0.1) is 5.92 Å². The predicted octanol–water partition coefficient (Wildman–Crippen LogP) is 2.08. The Balaban J connectivity index is 1.56. The minimum atomic E-state index is 0.312. The van der Waals surface area contributed by atoms with Gasteiger partial charge < -0.3 is 9.80 Å². The number of para-hydroxylation sites is 1. The minimum absolute atomic E-state index is 0.312. The van der Waals surface area contributed by atoms with E-state index >= 15 is 0 Å². The summed E-state index contributed by atoms with van der Waals surface area (Å²) >= 11 is 0. The molecule has 2 aromatic rings. The van der Waals surface area contributed by atoms with E-state index in [1.54, 1.807) is 6.33 Å². The van der Waals surface area contributed by atoms with E-state index in [1.165, 1.54) is 0 Å². The number of benzene rings is 1. The smallest absolute Gasteiger partial charge is 0.225 e. The van der Waals surface area contributed by atoms with E-state index in [1.807, 2.05) is 23.1 Å². The van der Waals surface area contributed by atoms with Crippen molar-refractivity contribution in [2.45, 2.75) is 19.3 Å². The summed E-state index contributed by atoms with van der Waals surface area (Å²) in [6.07, 6.45) is 4.79. The molecule has 1 aromatic carbocycles. The van der Waals surface area contributed by atoms with Crippen molar-refractivity contribution in [2.24, 2.45) is 5.92 Å². The van der Waals surface area contributed by atoms with Gasteiger partial charge in [0.1, 0.15) is 12.1 Å². The fraction of sp³-hybridized carbons (Fsp3) is 0.471. The lowest BCUT2D eigenvalue weighted by Gasteiger charge is -2.23. The molecule has 0 N–H and O–H groups in total. The van der Waals surface area contributed by atoms with Crippen LogP contribution in [-0.4, -0.2) is 47.0 Å². The molecule has 5 nitrogen and oxygen atoms in total. The molecule has 0 unspecified atom stereocenters. The van der Waals surface area contributed by atoms with E-state index < -0.39 is 0 Å². The third-order valence-electron chi connectivity index (χ3n) is 4.56. The lowest BCUT2D eigenvalue weighted by Crippen LogP contribution is -2.36. The number of anilines is 1. The maximum atomic E-state index is 12.3. The molecule has 0 spiro atoms. The zero-order valence-electron chi connectivity index (χ0n) is 12.6. The van der Waals surface area contributed by atoms with E-state index in [2.05, 4.69) is 20.9 Å². The molecule has 0 atom stereocenters. The summed E-state index contributed by atoms with van der Waals surface area (Å²) in [6, 6.07) is 8.11. The third kappa shape index (κ3) is 2.51. The van der Waals surface area contributed by atoms with Gasteiger partial charge in [-0.3, -0.25) is 4.79 Å². The number of carbonyl (C=O) groups is 1. The van der Waals surface area contributed by atoms with Crippen LogP contribution in [0.3, 0.4) is 0 Å². The lowest BCUT2D eigenvalue weighted by atomic mass is 10.2. The van der Waals surface area contributed by atoms with Gasteiger partial charge in [0.2, 0.25) is 5.91 Å². The molecule has 2 heterocycles. The van der Waals surface area contributed by atoms with Crippen molar-refractivity contribution in [3.05, 3.63) is 30.6 Å². The number of carbonyl (C=O) groups excluding carboxylic acids is 1. The van der Waals surface area contributed by atoms with Crippen molar-refractivity contribution in [1.82, 2.24) is 14.9 Å². The molecule has 0 bridgehead atoms. The van der Waals surface area contributed by atoms with Crippen LogP contribution in [-0.2, 0) is 4.79 Å².